The maximum absolute atomic E-state index is 11.4. The Hall–Kier alpha value is -0.900. The van der Waals surface area contributed by atoms with Gasteiger partial charge in [-0.2, -0.15) is 0 Å². The van der Waals surface area contributed by atoms with Gasteiger partial charge in [0.2, 0.25) is 0 Å². The summed E-state index contributed by atoms with van der Waals surface area (Å²) in [7, 11) is 0. The predicted octanol–water partition coefficient (Wildman–Crippen LogP) is 2.10. The topological polar surface area (TPSA) is 52.6 Å². The standard InChI is InChI=1S/C12H22O4/c1-5-12(3,4)16-9-10(13)7-8-11(14)15-6-2/h5-9H2,1-4H3. The zero-order valence-electron chi connectivity index (χ0n) is 10.7. The van der Waals surface area contributed by atoms with Crippen molar-refractivity contribution in [1.29, 1.82) is 0 Å². The van der Waals surface area contributed by atoms with Gasteiger partial charge in [-0.25, -0.2) is 0 Å². The van der Waals surface area contributed by atoms with Gasteiger partial charge in [-0.1, -0.05) is 6.92 Å². The lowest BCUT2D eigenvalue weighted by molar-refractivity contribution is -0.145. The molecule has 0 spiro atoms. The van der Waals surface area contributed by atoms with E-state index in [-0.39, 0.29) is 36.8 Å². The van der Waals surface area contributed by atoms with E-state index >= 15 is 0 Å². The molecule has 0 unspecified atom stereocenters. The number of Topliss-reactive ketones (excluding diaryl/α,β-unsaturated/α-hetero) is 1. The van der Waals surface area contributed by atoms with Gasteiger partial charge in [0, 0.05) is 6.42 Å². The maximum atomic E-state index is 11.4. The van der Waals surface area contributed by atoms with Crippen LogP contribution in [-0.2, 0) is 19.1 Å². The number of carbonyl (C=O) groups is 2. The maximum Gasteiger partial charge on any atom is 0.306 e. The predicted molar refractivity (Wildman–Crippen MR) is 61.2 cm³/mol. The Kier molecular flexibility index (Phi) is 6.97. The van der Waals surface area contributed by atoms with Crippen molar-refractivity contribution in [2.45, 2.75) is 52.6 Å². The summed E-state index contributed by atoms with van der Waals surface area (Å²) in [6.07, 6.45) is 1.18. The minimum Gasteiger partial charge on any atom is -0.466 e. The van der Waals surface area contributed by atoms with Gasteiger partial charge in [0.25, 0.3) is 0 Å². The smallest absolute Gasteiger partial charge is 0.306 e. The van der Waals surface area contributed by atoms with Crippen LogP contribution in [0.4, 0.5) is 0 Å². The molecule has 0 fully saturated rings. The molecule has 4 nitrogen and oxygen atoms in total. The number of hydrogen-bond acceptors (Lipinski definition) is 4. The second-order valence-electron chi connectivity index (χ2n) is 4.25. The molecule has 0 aromatic carbocycles. The number of carbonyl (C=O) groups excluding carboxylic acids is 2. The second kappa shape index (κ2) is 7.39. The minimum atomic E-state index is -0.328. The highest BCUT2D eigenvalue weighted by atomic mass is 16.5. The molecule has 94 valence electrons. The lowest BCUT2D eigenvalue weighted by Crippen LogP contribution is -2.26. The van der Waals surface area contributed by atoms with Crippen LogP contribution in [0.3, 0.4) is 0 Å². The van der Waals surface area contributed by atoms with Crippen molar-refractivity contribution >= 4 is 11.8 Å². The van der Waals surface area contributed by atoms with Gasteiger partial charge in [0.15, 0.2) is 5.78 Å². The molecule has 0 aromatic heterocycles. The van der Waals surface area contributed by atoms with Crippen LogP contribution < -0.4 is 0 Å². The van der Waals surface area contributed by atoms with Crippen molar-refractivity contribution in [3.05, 3.63) is 0 Å². The van der Waals surface area contributed by atoms with Crippen LogP contribution in [0, 0.1) is 0 Å². The van der Waals surface area contributed by atoms with E-state index < -0.39 is 0 Å². The summed E-state index contributed by atoms with van der Waals surface area (Å²) < 4.78 is 10.2. The minimum absolute atomic E-state index is 0.0606. The highest BCUT2D eigenvalue weighted by Gasteiger charge is 2.17. The number of ketones is 1. The van der Waals surface area contributed by atoms with Gasteiger partial charge in [0.05, 0.1) is 18.6 Å². The van der Waals surface area contributed by atoms with Gasteiger partial charge in [-0.05, 0) is 27.2 Å². The van der Waals surface area contributed by atoms with Gasteiger partial charge >= 0.3 is 5.97 Å². The van der Waals surface area contributed by atoms with Crippen LogP contribution in [-0.4, -0.2) is 30.6 Å². The summed E-state index contributed by atoms with van der Waals surface area (Å²) >= 11 is 0. The summed E-state index contributed by atoms with van der Waals surface area (Å²) in [5.74, 6) is -0.389. The number of hydrogen-bond donors (Lipinski definition) is 0. The zero-order chi connectivity index (χ0) is 12.6. The first-order valence-corrected chi connectivity index (χ1v) is 5.72. The third-order valence-corrected chi connectivity index (χ3v) is 2.39. The Morgan fingerprint density at radius 2 is 1.75 bits per heavy atom. The zero-order valence-corrected chi connectivity index (χ0v) is 10.7. The Morgan fingerprint density at radius 1 is 1.12 bits per heavy atom. The van der Waals surface area contributed by atoms with E-state index in [9.17, 15) is 9.59 Å². The molecule has 0 saturated heterocycles. The van der Waals surface area contributed by atoms with Gasteiger partial charge in [-0.15, -0.1) is 0 Å². The molecule has 0 aliphatic heterocycles. The Balaban J connectivity index is 3.71. The molecule has 16 heavy (non-hydrogen) atoms. The van der Waals surface area contributed by atoms with Crippen molar-refractivity contribution in [2.75, 3.05) is 13.2 Å². The SMILES string of the molecule is CCOC(=O)CCC(=O)COC(C)(C)CC. The first kappa shape index (κ1) is 15.1. The molecular formula is C12H22O4. The first-order valence-electron chi connectivity index (χ1n) is 5.72. The molecule has 0 radical (unpaired) electrons. The number of esters is 1. The monoisotopic (exact) mass is 230 g/mol. The molecule has 0 aliphatic rings. The van der Waals surface area contributed by atoms with Gasteiger partial charge < -0.3 is 9.47 Å². The van der Waals surface area contributed by atoms with Crippen molar-refractivity contribution in [1.82, 2.24) is 0 Å². The number of rotatable bonds is 8. The molecule has 0 aliphatic carbocycles. The Labute approximate surface area is 97.3 Å². The van der Waals surface area contributed by atoms with E-state index in [1.807, 2.05) is 20.8 Å². The van der Waals surface area contributed by atoms with Crippen LogP contribution in [0.2, 0.25) is 0 Å². The highest BCUT2D eigenvalue weighted by Crippen LogP contribution is 2.13. The van der Waals surface area contributed by atoms with E-state index in [1.165, 1.54) is 0 Å². The molecule has 0 saturated carbocycles. The van der Waals surface area contributed by atoms with Crippen LogP contribution in [0.25, 0.3) is 0 Å². The molecule has 0 N–H and O–H groups in total. The van der Waals surface area contributed by atoms with E-state index in [4.69, 9.17) is 9.47 Å². The fourth-order valence-corrected chi connectivity index (χ4v) is 0.925. The Morgan fingerprint density at radius 3 is 2.25 bits per heavy atom. The molecule has 0 bridgehead atoms. The normalized spacial score (nSPS) is 11.2. The summed E-state index contributed by atoms with van der Waals surface area (Å²) in [6, 6.07) is 0. The molecule has 0 rings (SSSR count). The number of ether oxygens (including phenoxy) is 2. The van der Waals surface area contributed by atoms with Crippen LogP contribution >= 0.6 is 0 Å². The Bertz CT molecular complexity index is 233. The van der Waals surface area contributed by atoms with Crippen molar-refractivity contribution in [3.8, 4) is 0 Å². The average Bonchev–Trinajstić information content (AvgIpc) is 2.24. The first-order chi connectivity index (χ1) is 7.41. The summed E-state index contributed by atoms with van der Waals surface area (Å²) in [6.45, 7) is 8.04. The molecule has 0 aromatic rings. The van der Waals surface area contributed by atoms with Crippen LogP contribution in [0.5, 0.6) is 0 Å². The molecule has 4 heteroatoms. The summed E-state index contributed by atoms with van der Waals surface area (Å²) in [4.78, 5) is 22.4. The van der Waals surface area contributed by atoms with E-state index in [0.29, 0.717) is 6.61 Å². The summed E-state index contributed by atoms with van der Waals surface area (Å²) in [5.41, 5.74) is -0.278. The van der Waals surface area contributed by atoms with Crippen molar-refractivity contribution in [2.24, 2.45) is 0 Å². The third-order valence-electron chi connectivity index (χ3n) is 2.39. The van der Waals surface area contributed by atoms with E-state index in [2.05, 4.69) is 0 Å². The lowest BCUT2D eigenvalue weighted by Gasteiger charge is -2.22. The molecule has 0 heterocycles. The lowest BCUT2D eigenvalue weighted by atomic mass is 10.1. The third kappa shape index (κ3) is 7.40. The van der Waals surface area contributed by atoms with E-state index in [0.717, 1.165) is 6.42 Å². The summed E-state index contributed by atoms with van der Waals surface area (Å²) in [5, 5.41) is 0. The average molecular weight is 230 g/mol. The molecule has 0 atom stereocenters. The molecule has 0 amide bonds. The fourth-order valence-electron chi connectivity index (χ4n) is 0.925. The fraction of sp³-hybridized carbons (Fsp3) is 0.833. The second-order valence-corrected chi connectivity index (χ2v) is 4.25. The van der Waals surface area contributed by atoms with Crippen molar-refractivity contribution < 1.29 is 19.1 Å². The highest BCUT2D eigenvalue weighted by molar-refractivity contribution is 5.83. The van der Waals surface area contributed by atoms with Gasteiger partial charge in [-0.3, -0.25) is 9.59 Å². The van der Waals surface area contributed by atoms with Crippen LogP contribution in [0.1, 0.15) is 47.0 Å². The molecular weight excluding hydrogens is 208 g/mol. The van der Waals surface area contributed by atoms with Crippen molar-refractivity contribution in [3.63, 3.8) is 0 Å². The van der Waals surface area contributed by atoms with Gasteiger partial charge in [0.1, 0.15) is 6.61 Å². The quantitative estimate of drug-likeness (QED) is 0.599. The van der Waals surface area contributed by atoms with E-state index in [1.54, 1.807) is 6.92 Å². The largest absolute Gasteiger partial charge is 0.466 e. The van der Waals surface area contributed by atoms with Crippen LogP contribution in [0.15, 0.2) is 0 Å².